The third kappa shape index (κ3) is 1.89. The van der Waals surface area contributed by atoms with Crippen molar-refractivity contribution in [2.75, 3.05) is 0 Å². The summed E-state index contributed by atoms with van der Waals surface area (Å²) in [5, 5.41) is 0. The average molecular weight is 196 g/mol. The Kier molecular flexibility index (Phi) is 2.50. The predicted octanol–water partition coefficient (Wildman–Crippen LogP) is 3.16. The molecule has 1 aromatic carbocycles. The van der Waals surface area contributed by atoms with Crippen molar-refractivity contribution in [3.05, 3.63) is 61.2 Å². The van der Waals surface area contributed by atoms with Crippen LogP contribution in [0.4, 0.5) is 0 Å². The zero-order valence-corrected chi connectivity index (χ0v) is 8.43. The first-order chi connectivity index (χ1) is 7.33. The molecular weight excluding hydrogens is 184 g/mol. The summed E-state index contributed by atoms with van der Waals surface area (Å²) >= 11 is 0. The Morgan fingerprint density at radius 3 is 2.20 bits per heavy atom. The number of hydrogen-bond acceptors (Lipinski definition) is 1. The first-order valence-corrected chi connectivity index (χ1v) is 4.72. The van der Waals surface area contributed by atoms with Gasteiger partial charge in [-0.25, -0.2) is 4.98 Å². The molecule has 0 unspecified atom stereocenters. The van der Waals surface area contributed by atoms with E-state index >= 15 is 0 Å². The van der Waals surface area contributed by atoms with Crippen LogP contribution < -0.4 is 0 Å². The zero-order chi connectivity index (χ0) is 10.7. The molecule has 0 bridgehead atoms. The van der Waals surface area contributed by atoms with Gasteiger partial charge in [-0.15, -0.1) is 0 Å². The molecule has 1 aromatic heterocycles. The summed E-state index contributed by atoms with van der Waals surface area (Å²) in [5.41, 5.74) is 3.23. The van der Waals surface area contributed by atoms with E-state index in [-0.39, 0.29) is 0 Å². The van der Waals surface area contributed by atoms with Crippen molar-refractivity contribution in [3.8, 4) is 5.69 Å². The van der Waals surface area contributed by atoms with Crippen LogP contribution in [0.5, 0.6) is 0 Å². The maximum absolute atomic E-state index is 4.02. The molecule has 0 aliphatic carbocycles. The number of hydrogen-bond donors (Lipinski definition) is 0. The van der Waals surface area contributed by atoms with E-state index in [2.05, 4.69) is 30.3 Å². The Morgan fingerprint density at radius 1 is 1.07 bits per heavy atom. The van der Waals surface area contributed by atoms with Crippen molar-refractivity contribution in [1.82, 2.24) is 9.55 Å². The van der Waals surface area contributed by atoms with E-state index in [1.807, 2.05) is 29.0 Å². The van der Waals surface area contributed by atoms with Crippen molar-refractivity contribution in [3.63, 3.8) is 0 Å². The van der Waals surface area contributed by atoms with E-state index in [0.717, 1.165) is 16.8 Å². The average Bonchev–Trinajstić information content (AvgIpc) is 2.81. The second-order valence-electron chi connectivity index (χ2n) is 3.24. The highest BCUT2D eigenvalue weighted by Gasteiger charge is 1.98. The van der Waals surface area contributed by atoms with Gasteiger partial charge in [0.1, 0.15) is 0 Å². The van der Waals surface area contributed by atoms with Crippen LogP contribution in [-0.4, -0.2) is 9.55 Å². The number of nitrogens with zero attached hydrogens (tertiary/aromatic N) is 2. The number of aromatic nitrogens is 2. The van der Waals surface area contributed by atoms with Crippen LogP contribution in [0, 0.1) is 0 Å². The van der Waals surface area contributed by atoms with E-state index in [9.17, 15) is 0 Å². The minimum absolute atomic E-state index is 1.07. The highest BCUT2D eigenvalue weighted by Crippen LogP contribution is 2.16. The topological polar surface area (TPSA) is 17.8 Å². The summed E-state index contributed by atoms with van der Waals surface area (Å²) < 4.78 is 1.96. The molecule has 2 nitrogen and oxygen atoms in total. The van der Waals surface area contributed by atoms with Crippen molar-refractivity contribution >= 4 is 12.2 Å². The van der Waals surface area contributed by atoms with E-state index in [1.54, 1.807) is 12.5 Å². The molecule has 0 atom stereocenters. The molecular formula is C13H12N2. The third-order valence-corrected chi connectivity index (χ3v) is 2.24. The van der Waals surface area contributed by atoms with Crippen LogP contribution in [0.15, 0.2) is 50.1 Å². The summed E-state index contributed by atoms with van der Waals surface area (Å²) in [7, 11) is 0. The molecule has 0 radical (unpaired) electrons. The summed E-state index contributed by atoms with van der Waals surface area (Å²) in [6, 6.07) is 6.16. The molecule has 74 valence electrons. The smallest absolute Gasteiger partial charge is 0.0991 e. The summed E-state index contributed by atoms with van der Waals surface area (Å²) in [6.07, 6.45) is 9.10. The van der Waals surface area contributed by atoms with E-state index < -0.39 is 0 Å². The lowest BCUT2D eigenvalue weighted by atomic mass is 10.1. The van der Waals surface area contributed by atoms with Crippen molar-refractivity contribution in [1.29, 1.82) is 0 Å². The largest absolute Gasteiger partial charge is 0.306 e. The second-order valence-corrected chi connectivity index (χ2v) is 3.24. The van der Waals surface area contributed by atoms with Crippen LogP contribution >= 0.6 is 0 Å². The lowest BCUT2D eigenvalue weighted by Gasteiger charge is -2.05. The molecule has 0 fully saturated rings. The van der Waals surface area contributed by atoms with Crippen LogP contribution in [0.25, 0.3) is 17.8 Å². The molecule has 0 saturated heterocycles. The second kappa shape index (κ2) is 3.96. The Bertz CT molecular complexity index is 455. The normalized spacial score (nSPS) is 9.87. The van der Waals surface area contributed by atoms with Crippen LogP contribution in [0.1, 0.15) is 11.1 Å². The Morgan fingerprint density at radius 2 is 1.73 bits per heavy atom. The number of benzene rings is 1. The first-order valence-electron chi connectivity index (χ1n) is 4.72. The van der Waals surface area contributed by atoms with Gasteiger partial charge in [-0.05, 0) is 29.3 Å². The standard InChI is InChI=1S/C13H12N2/c1-3-11-7-12(4-2)9-13(8-11)15-6-5-14-10-15/h3-10H,1-2H2. The molecule has 2 aromatic rings. The highest BCUT2D eigenvalue weighted by atomic mass is 15.0. The van der Waals surface area contributed by atoms with Gasteiger partial charge in [0, 0.05) is 18.1 Å². The third-order valence-electron chi connectivity index (χ3n) is 2.24. The van der Waals surface area contributed by atoms with Crippen LogP contribution in [-0.2, 0) is 0 Å². The van der Waals surface area contributed by atoms with Gasteiger partial charge in [0.2, 0.25) is 0 Å². The van der Waals surface area contributed by atoms with Crippen molar-refractivity contribution in [2.45, 2.75) is 0 Å². The fourth-order valence-corrected chi connectivity index (χ4v) is 1.46. The predicted molar refractivity (Wildman–Crippen MR) is 63.7 cm³/mol. The SMILES string of the molecule is C=Cc1cc(C=C)cc(-n2ccnc2)c1. The van der Waals surface area contributed by atoms with Crippen molar-refractivity contribution < 1.29 is 0 Å². The summed E-state index contributed by atoms with van der Waals surface area (Å²) in [4.78, 5) is 4.02. The monoisotopic (exact) mass is 196 g/mol. The molecule has 0 aliphatic rings. The maximum Gasteiger partial charge on any atom is 0.0991 e. The number of rotatable bonds is 3. The Labute approximate surface area is 89.2 Å². The molecule has 2 rings (SSSR count). The van der Waals surface area contributed by atoms with Gasteiger partial charge in [0.15, 0.2) is 0 Å². The van der Waals surface area contributed by atoms with Gasteiger partial charge in [0.05, 0.1) is 6.33 Å². The van der Waals surface area contributed by atoms with Gasteiger partial charge in [-0.3, -0.25) is 0 Å². The van der Waals surface area contributed by atoms with Crippen molar-refractivity contribution in [2.24, 2.45) is 0 Å². The van der Waals surface area contributed by atoms with E-state index in [1.165, 1.54) is 0 Å². The van der Waals surface area contributed by atoms with E-state index in [4.69, 9.17) is 0 Å². The zero-order valence-electron chi connectivity index (χ0n) is 8.43. The van der Waals surface area contributed by atoms with E-state index in [0.29, 0.717) is 0 Å². The molecule has 0 spiro atoms. The fraction of sp³-hybridized carbons (Fsp3) is 0. The maximum atomic E-state index is 4.02. The minimum Gasteiger partial charge on any atom is -0.306 e. The lowest BCUT2D eigenvalue weighted by Crippen LogP contribution is -1.91. The summed E-state index contributed by atoms with van der Waals surface area (Å²) in [6.45, 7) is 7.54. The molecule has 0 N–H and O–H groups in total. The quantitative estimate of drug-likeness (QED) is 0.737. The Balaban J connectivity index is 2.56. The molecule has 1 heterocycles. The molecule has 0 amide bonds. The van der Waals surface area contributed by atoms with Gasteiger partial charge in [0.25, 0.3) is 0 Å². The first kappa shape index (κ1) is 9.46. The van der Waals surface area contributed by atoms with Crippen LogP contribution in [0.3, 0.4) is 0 Å². The Hall–Kier alpha value is -2.09. The fourth-order valence-electron chi connectivity index (χ4n) is 1.46. The van der Waals surface area contributed by atoms with Crippen LogP contribution in [0.2, 0.25) is 0 Å². The van der Waals surface area contributed by atoms with Gasteiger partial charge >= 0.3 is 0 Å². The highest BCUT2D eigenvalue weighted by molar-refractivity contribution is 5.60. The van der Waals surface area contributed by atoms with Gasteiger partial charge < -0.3 is 4.57 Å². The molecule has 0 saturated carbocycles. The number of imidazole rings is 1. The molecule has 15 heavy (non-hydrogen) atoms. The summed E-state index contributed by atoms with van der Waals surface area (Å²) in [5.74, 6) is 0. The molecule has 2 heteroatoms. The lowest BCUT2D eigenvalue weighted by molar-refractivity contribution is 1.06. The van der Waals surface area contributed by atoms with Gasteiger partial charge in [-0.2, -0.15) is 0 Å². The molecule has 0 aliphatic heterocycles. The van der Waals surface area contributed by atoms with Gasteiger partial charge in [-0.1, -0.05) is 25.3 Å². The minimum atomic E-state index is 1.07.